The summed E-state index contributed by atoms with van der Waals surface area (Å²) in [7, 11) is 1.73. The normalized spacial score (nSPS) is 10.5. The highest BCUT2D eigenvalue weighted by Gasteiger charge is 2.05. The maximum Gasteiger partial charge on any atom is 0.322 e. The molecule has 2 rings (SSSR count). The smallest absolute Gasteiger partial charge is 0.322 e. The first-order valence-electron chi connectivity index (χ1n) is 4.15. The van der Waals surface area contributed by atoms with Crippen LogP contribution in [0.2, 0.25) is 0 Å². The van der Waals surface area contributed by atoms with Crippen molar-refractivity contribution in [3.05, 3.63) is 6.20 Å². The lowest BCUT2D eigenvalue weighted by Crippen LogP contribution is -2.14. The first-order valence-corrected chi connectivity index (χ1v) is 4.15. The summed E-state index contributed by atoms with van der Waals surface area (Å²) in [6.45, 7) is -0.230. The van der Waals surface area contributed by atoms with Crippen LogP contribution in [0.25, 0.3) is 11.2 Å². The predicted octanol–water partition coefficient (Wildman–Crippen LogP) is -0.745. The quantitative estimate of drug-likeness (QED) is 0.683. The fourth-order valence-corrected chi connectivity index (χ4v) is 1.07. The molecule has 0 radical (unpaired) electrons. The summed E-state index contributed by atoms with van der Waals surface area (Å²) in [5.74, 6) is -0.747. The molecule has 0 aliphatic rings. The van der Waals surface area contributed by atoms with Gasteiger partial charge in [-0.1, -0.05) is 5.21 Å². The zero-order valence-corrected chi connectivity index (χ0v) is 7.88. The molecule has 0 unspecified atom stereocenters. The monoisotopic (exact) mass is 208 g/mol. The Balaban J connectivity index is 2.27. The van der Waals surface area contributed by atoms with E-state index in [-0.39, 0.29) is 12.5 Å². The lowest BCUT2D eigenvalue weighted by Gasteiger charge is -1.99. The Hall–Kier alpha value is -2.25. The van der Waals surface area contributed by atoms with Gasteiger partial charge in [0.2, 0.25) is 11.6 Å². The first-order chi connectivity index (χ1) is 7.16. The topological polar surface area (TPSA) is 106 Å². The lowest BCUT2D eigenvalue weighted by atomic mass is 10.5. The number of rotatable bonds is 3. The number of nitrogens with zero attached hydrogens (tertiary/aromatic N) is 5. The van der Waals surface area contributed by atoms with E-state index in [1.807, 2.05) is 0 Å². The van der Waals surface area contributed by atoms with E-state index in [1.54, 1.807) is 7.05 Å². The highest BCUT2D eigenvalue weighted by atomic mass is 16.4. The van der Waals surface area contributed by atoms with Gasteiger partial charge in [-0.3, -0.25) is 4.79 Å². The minimum absolute atomic E-state index is 0.227. The van der Waals surface area contributed by atoms with Gasteiger partial charge in [-0.15, -0.1) is 5.10 Å². The second-order valence-corrected chi connectivity index (χ2v) is 2.86. The van der Waals surface area contributed by atoms with Crippen molar-refractivity contribution in [3.8, 4) is 0 Å². The van der Waals surface area contributed by atoms with Crippen molar-refractivity contribution in [2.45, 2.75) is 0 Å². The van der Waals surface area contributed by atoms with Crippen LogP contribution in [0.3, 0.4) is 0 Å². The van der Waals surface area contributed by atoms with E-state index in [0.717, 1.165) is 0 Å². The van der Waals surface area contributed by atoms with E-state index in [1.165, 1.54) is 10.9 Å². The maximum atomic E-state index is 10.3. The van der Waals surface area contributed by atoms with Crippen LogP contribution in [0.1, 0.15) is 0 Å². The van der Waals surface area contributed by atoms with Gasteiger partial charge in [-0.25, -0.2) is 9.67 Å². The summed E-state index contributed by atoms with van der Waals surface area (Å²) in [4.78, 5) is 18.2. The lowest BCUT2D eigenvalue weighted by molar-refractivity contribution is -0.134. The van der Waals surface area contributed by atoms with E-state index < -0.39 is 5.97 Å². The molecule has 78 valence electrons. The molecule has 0 aliphatic carbocycles. The second kappa shape index (κ2) is 3.48. The minimum atomic E-state index is -0.974. The Morgan fingerprint density at radius 3 is 3.20 bits per heavy atom. The molecule has 0 saturated heterocycles. The van der Waals surface area contributed by atoms with E-state index in [9.17, 15) is 4.79 Å². The Kier molecular flexibility index (Phi) is 2.16. The Bertz CT molecular complexity index is 507. The van der Waals surface area contributed by atoms with Crippen molar-refractivity contribution in [1.82, 2.24) is 25.0 Å². The van der Waals surface area contributed by atoms with Crippen molar-refractivity contribution in [3.63, 3.8) is 0 Å². The molecule has 2 aromatic heterocycles. The number of carboxylic acid groups (broad SMARTS) is 1. The van der Waals surface area contributed by atoms with E-state index in [0.29, 0.717) is 11.2 Å². The molecule has 2 heterocycles. The number of fused-ring (bicyclic) bond motifs is 1. The van der Waals surface area contributed by atoms with Crippen LogP contribution >= 0.6 is 0 Å². The molecular weight excluding hydrogens is 200 g/mol. The fourth-order valence-electron chi connectivity index (χ4n) is 1.07. The van der Waals surface area contributed by atoms with Crippen LogP contribution in [0.5, 0.6) is 0 Å². The number of aryl methyl sites for hydroxylation is 1. The average Bonchev–Trinajstić information content (AvgIpc) is 2.57. The van der Waals surface area contributed by atoms with Gasteiger partial charge in [0.1, 0.15) is 12.1 Å². The largest absolute Gasteiger partial charge is 0.480 e. The van der Waals surface area contributed by atoms with Crippen LogP contribution in [-0.4, -0.2) is 42.6 Å². The van der Waals surface area contributed by atoms with Gasteiger partial charge in [0, 0.05) is 7.05 Å². The number of hydrogen-bond acceptors (Lipinski definition) is 6. The third kappa shape index (κ3) is 1.82. The molecule has 0 atom stereocenters. The zero-order chi connectivity index (χ0) is 10.8. The molecule has 8 heteroatoms. The second-order valence-electron chi connectivity index (χ2n) is 2.86. The summed E-state index contributed by atoms with van der Waals surface area (Å²) in [5, 5.41) is 18.5. The predicted molar refractivity (Wildman–Crippen MR) is 50.2 cm³/mol. The van der Waals surface area contributed by atoms with Gasteiger partial charge < -0.3 is 10.4 Å². The summed E-state index contributed by atoms with van der Waals surface area (Å²) in [5.41, 5.74) is 1.12. The van der Waals surface area contributed by atoms with Crippen molar-refractivity contribution < 1.29 is 9.90 Å². The Morgan fingerprint density at radius 2 is 2.47 bits per heavy atom. The molecule has 2 aromatic rings. The Morgan fingerprint density at radius 1 is 1.67 bits per heavy atom. The molecule has 0 aromatic carbocycles. The molecule has 15 heavy (non-hydrogen) atoms. The molecule has 0 aliphatic heterocycles. The molecule has 0 bridgehead atoms. The van der Waals surface area contributed by atoms with Crippen LogP contribution in [0.15, 0.2) is 6.20 Å². The highest BCUT2D eigenvalue weighted by Crippen LogP contribution is 2.07. The van der Waals surface area contributed by atoms with Crippen LogP contribution in [0.4, 0.5) is 5.95 Å². The number of hydrogen-bond donors (Lipinski definition) is 2. The number of anilines is 1. The first kappa shape index (κ1) is 9.31. The SMILES string of the molecule is Cn1nnc2nc(NCC(=O)O)ncc21. The van der Waals surface area contributed by atoms with Gasteiger partial charge in [0.25, 0.3) is 0 Å². The van der Waals surface area contributed by atoms with Crippen molar-refractivity contribution in [2.24, 2.45) is 7.05 Å². The van der Waals surface area contributed by atoms with E-state index in [2.05, 4.69) is 25.6 Å². The molecule has 0 fully saturated rings. The van der Waals surface area contributed by atoms with Gasteiger partial charge >= 0.3 is 5.97 Å². The number of aromatic nitrogens is 5. The average molecular weight is 208 g/mol. The number of nitrogens with one attached hydrogen (secondary N) is 1. The van der Waals surface area contributed by atoms with E-state index in [4.69, 9.17) is 5.11 Å². The van der Waals surface area contributed by atoms with Gasteiger partial charge in [-0.05, 0) is 0 Å². The van der Waals surface area contributed by atoms with Gasteiger partial charge in [0.15, 0.2) is 0 Å². The molecule has 0 spiro atoms. The van der Waals surface area contributed by atoms with Crippen LogP contribution in [0, 0.1) is 0 Å². The highest BCUT2D eigenvalue weighted by molar-refractivity contribution is 5.73. The molecule has 0 saturated carbocycles. The molecule has 0 amide bonds. The molecule has 8 nitrogen and oxygen atoms in total. The Labute approximate surface area is 83.9 Å². The van der Waals surface area contributed by atoms with Crippen molar-refractivity contribution in [2.75, 3.05) is 11.9 Å². The summed E-state index contributed by atoms with van der Waals surface area (Å²) < 4.78 is 1.54. The van der Waals surface area contributed by atoms with Crippen LogP contribution < -0.4 is 5.32 Å². The van der Waals surface area contributed by atoms with Gasteiger partial charge in [0.05, 0.1) is 6.20 Å². The van der Waals surface area contributed by atoms with Crippen molar-refractivity contribution >= 4 is 23.1 Å². The standard InChI is InChI=1S/C7H8N6O2/c1-13-4-2-8-7(9-3-5(14)15)10-6(4)11-12-13/h2H,3H2,1H3,(H,14,15)(H,8,9,10). The molecular formula is C7H8N6O2. The number of carboxylic acids is 1. The van der Waals surface area contributed by atoms with Gasteiger partial charge in [-0.2, -0.15) is 4.98 Å². The number of aliphatic carboxylic acids is 1. The molecule has 2 N–H and O–H groups in total. The summed E-state index contributed by atoms with van der Waals surface area (Å²) in [6, 6.07) is 0. The maximum absolute atomic E-state index is 10.3. The van der Waals surface area contributed by atoms with E-state index >= 15 is 0 Å². The number of carbonyl (C=O) groups is 1. The minimum Gasteiger partial charge on any atom is -0.480 e. The summed E-state index contributed by atoms with van der Waals surface area (Å²) >= 11 is 0. The third-order valence-electron chi connectivity index (χ3n) is 1.77. The van der Waals surface area contributed by atoms with Crippen molar-refractivity contribution in [1.29, 1.82) is 0 Å². The zero-order valence-electron chi connectivity index (χ0n) is 7.88. The van der Waals surface area contributed by atoms with Crippen LogP contribution in [-0.2, 0) is 11.8 Å². The fraction of sp³-hybridized carbons (Fsp3) is 0.286. The summed E-state index contributed by atoms with van der Waals surface area (Å²) in [6.07, 6.45) is 1.53. The third-order valence-corrected chi connectivity index (χ3v) is 1.77.